The lowest BCUT2D eigenvalue weighted by atomic mass is 10.0. The molecule has 5 heteroatoms. The molecule has 1 aromatic carbocycles. The first-order valence-electron chi connectivity index (χ1n) is 6.58. The zero-order valence-corrected chi connectivity index (χ0v) is 11.9. The van der Waals surface area contributed by atoms with Gasteiger partial charge < -0.3 is 10.1 Å². The molecule has 1 heterocycles. The Morgan fingerprint density at radius 1 is 1.30 bits per heavy atom. The number of hydrogen-bond acceptors (Lipinski definition) is 2. The molecule has 1 aliphatic rings. The van der Waals surface area contributed by atoms with Crippen LogP contribution in [0.25, 0.3) is 11.0 Å². The third-order valence-corrected chi connectivity index (χ3v) is 5.09. The molecule has 0 bridgehead atoms. The van der Waals surface area contributed by atoms with Crippen molar-refractivity contribution in [3.8, 4) is 0 Å². The highest BCUT2D eigenvalue weighted by molar-refractivity contribution is 6.01. The number of H-pyrrole nitrogens is 1. The van der Waals surface area contributed by atoms with Crippen molar-refractivity contribution in [2.45, 2.75) is 33.6 Å². The summed E-state index contributed by atoms with van der Waals surface area (Å²) in [6.07, 6.45) is 0. The van der Waals surface area contributed by atoms with Crippen molar-refractivity contribution < 1.29 is 14.3 Å². The maximum absolute atomic E-state index is 13.5. The predicted molar refractivity (Wildman–Crippen MR) is 73.3 cm³/mol. The molecule has 0 spiro atoms. The summed E-state index contributed by atoms with van der Waals surface area (Å²) in [6.45, 7) is 8.63. The summed E-state index contributed by atoms with van der Waals surface area (Å²) in [5, 5.41) is 9.16. The van der Waals surface area contributed by atoms with Crippen molar-refractivity contribution in [1.82, 2.24) is 9.97 Å². The molecule has 1 fully saturated rings. The number of fused-ring (bicyclic) bond motifs is 1. The second-order valence-electron chi connectivity index (χ2n) is 6.65. The predicted octanol–water partition coefficient (Wildman–Crippen LogP) is 3.55. The number of imidazole rings is 1. The Kier molecular flexibility index (Phi) is 2.35. The first-order chi connectivity index (χ1) is 9.16. The molecule has 1 saturated carbocycles. The van der Waals surface area contributed by atoms with E-state index in [9.17, 15) is 9.18 Å². The lowest BCUT2D eigenvalue weighted by molar-refractivity contribution is 0.0698. The Labute approximate surface area is 116 Å². The third-order valence-electron chi connectivity index (χ3n) is 5.09. The quantitative estimate of drug-likeness (QED) is 0.881. The van der Waals surface area contributed by atoms with Crippen LogP contribution in [0.15, 0.2) is 12.1 Å². The molecule has 1 aromatic heterocycles. The number of carboxylic acids is 1. The molecule has 0 radical (unpaired) electrons. The van der Waals surface area contributed by atoms with Gasteiger partial charge in [-0.1, -0.05) is 27.7 Å². The Bertz CT molecular complexity index is 717. The van der Waals surface area contributed by atoms with Gasteiger partial charge in [-0.3, -0.25) is 0 Å². The highest BCUT2D eigenvalue weighted by Gasteiger charge is 2.66. The fraction of sp³-hybridized carbons (Fsp3) is 0.467. The van der Waals surface area contributed by atoms with Crippen LogP contribution < -0.4 is 0 Å². The van der Waals surface area contributed by atoms with E-state index >= 15 is 0 Å². The van der Waals surface area contributed by atoms with Gasteiger partial charge in [0, 0.05) is 5.92 Å². The van der Waals surface area contributed by atoms with Crippen molar-refractivity contribution in [1.29, 1.82) is 0 Å². The van der Waals surface area contributed by atoms with Gasteiger partial charge in [-0.2, -0.15) is 0 Å². The normalized spacial score (nSPS) is 20.2. The standard InChI is InChI=1S/C15H17FN2O2/c1-14(2)11(15(14,3)4)12-17-9-6-7(16)5-8(13(19)20)10(9)18-12/h5-6,11H,1-4H3,(H,17,18)(H,19,20). The van der Waals surface area contributed by atoms with Gasteiger partial charge in [-0.25, -0.2) is 14.2 Å². The highest BCUT2D eigenvalue weighted by Crippen LogP contribution is 2.73. The third kappa shape index (κ3) is 1.52. The number of nitrogens with zero attached hydrogens (tertiary/aromatic N) is 1. The Balaban J connectivity index is 2.18. The molecule has 4 nitrogen and oxygen atoms in total. The number of rotatable bonds is 2. The molecular weight excluding hydrogens is 259 g/mol. The molecule has 2 N–H and O–H groups in total. The van der Waals surface area contributed by atoms with Crippen molar-refractivity contribution in [2.75, 3.05) is 0 Å². The Morgan fingerprint density at radius 2 is 1.90 bits per heavy atom. The average molecular weight is 276 g/mol. The molecule has 0 saturated heterocycles. The molecule has 20 heavy (non-hydrogen) atoms. The van der Waals surface area contributed by atoms with E-state index in [1.165, 1.54) is 6.07 Å². The van der Waals surface area contributed by atoms with Crippen LogP contribution in [0.2, 0.25) is 0 Å². The summed E-state index contributed by atoms with van der Waals surface area (Å²) in [5.41, 5.74) is 0.841. The number of hydrogen-bond donors (Lipinski definition) is 2. The van der Waals surface area contributed by atoms with E-state index in [-0.39, 0.29) is 22.3 Å². The van der Waals surface area contributed by atoms with Gasteiger partial charge >= 0.3 is 5.97 Å². The fourth-order valence-corrected chi connectivity index (χ4v) is 3.28. The van der Waals surface area contributed by atoms with Gasteiger partial charge in [0.1, 0.15) is 17.2 Å². The summed E-state index contributed by atoms with van der Waals surface area (Å²) in [6, 6.07) is 2.30. The van der Waals surface area contributed by atoms with E-state index in [0.717, 1.165) is 11.9 Å². The smallest absolute Gasteiger partial charge is 0.338 e. The van der Waals surface area contributed by atoms with Gasteiger partial charge in [0.15, 0.2) is 0 Å². The largest absolute Gasteiger partial charge is 0.478 e. The van der Waals surface area contributed by atoms with Crippen molar-refractivity contribution in [3.63, 3.8) is 0 Å². The van der Waals surface area contributed by atoms with Gasteiger partial charge in [0.2, 0.25) is 0 Å². The monoisotopic (exact) mass is 276 g/mol. The number of carbonyl (C=O) groups is 1. The molecule has 0 atom stereocenters. The summed E-state index contributed by atoms with van der Waals surface area (Å²) in [4.78, 5) is 18.7. The van der Waals surface area contributed by atoms with Crippen LogP contribution >= 0.6 is 0 Å². The van der Waals surface area contributed by atoms with E-state index < -0.39 is 11.8 Å². The van der Waals surface area contributed by atoms with Crippen LogP contribution in [-0.2, 0) is 0 Å². The first kappa shape index (κ1) is 13.1. The van der Waals surface area contributed by atoms with E-state index in [1.54, 1.807) is 0 Å². The summed E-state index contributed by atoms with van der Waals surface area (Å²) < 4.78 is 13.5. The maximum Gasteiger partial charge on any atom is 0.338 e. The van der Waals surface area contributed by atoms with Crippen LogP contribution in [0.4, 0.5) is 4.39 Å². The van der Waals surface area contributed by atoms with Crippen molar-refractivity contribution in [3.05, 3.63) is 29.3 Å². The van der Waals surface area contributed by atoms with Crippen molar-refractivity contribution >= 4 is 17.0 Å². The molecular formula is C15H17FN2O2. The average Bonchev–Trinajstić information content (AvgIpc) is 2.60. The molecule has 0 unspecified atom stereocenters. The van der Waals surface area contributed by atoms with Crippen LogP contribution in [-0.4, -0.2) is 21.0 Å². The minimum atomic E-state index is -1.16. The van der Waals surface area contributed by atoms with Crippen LogP contribution in [0, 0.1) is 16.6 Å². The van der Waals surface area contributed by atoms with E-state index in [0.29, 0.717) is 11.0 Å². The summed E-state index contributed by atoms with van der Waals surface area (Å²) in [5.74, 6) is -0.781. The number of benzene rings is 1. The molecule has 1 aliphatic carbocycles. The van der Waals surface area contributed by atoms with Gasteiger partial charge in [0.25, 0.3) is 0 Å². The van der Waals surface area contributed by atoms with Crippen molar-refractivity contribution in [2.24, 2.45) is 10.8 Å². The second-order valence-corrected chi connectivity index (χ2v) is 6.65. The van der Waals surface area contributed by atoms with Gasteiger partial charge in [0.05, 0.1) is 11.1 Å². The number of nitrogens with one attached hydrogen (secondary N) is 1. The number of aromatic amines is 1. The fourth-order valence-electron chi connectivity index (χ4n) is 3.28. The molecule has 2 aromatic rings. The topological polar surface area (TPSA) is 66.0 Å². The SMILES string of the molecule is CC1(C)C(c2nc3c(C(=O)O)cc(F)cc3[nH]2)C1(C)C. The first-order valence-corrected chi connectivity index (χ1v) is 6.58. The van der Waals surface area contributed by atoms with E-state index in [2.05, 4.69) is 37.7 Å². The zero-order valence-electron chi connectivity index (χ0n) is 11.9. The minimum Gasteiger partial charge on any atom is -0.478 e. The zero-order chi connectivity index (χ0) is 14.9. The molecule has 0 amide bonds. The highest BCUT2D eigenvalue weighted by atomic mass is 19.1. The van der Waals surface area contributed by atoms with Gasteiger partial charge in [-0.05, 0) is 23.0 Å². The Morgan fingerprint density at radius 3 is 2.40 bits per heavy atom. The summed E-state index contributed by atoms with van der Waals surface area (Å²) in [7, 11) is 0. The van der Waals surface area contributed by atoms with Crippen LogP contribution in [0.1, 0.15) is 49.8 Å². The second kappa shape index (κ2) is 3.59. The van der Waals surface area contributed by atoms with Crippen LogP contribution in [0.3, 0.4) is 0 Å². The summed E-state index contributed by atoms with van der Waals surface area (Å²) >= 11 is 0. The van der Waals surface area contributed by atoms with Gasteiger partial charge in [-0.15, -0.1) is 0 Å². The molecule has 3 rings (SSSR count). The lowest BCUT2D eigenvalue weighted by Gasteiger charge is -2.03. The van der Waals surface area contributed by atoms with E-state index in [1.807, 2.05) is 0 Å². The number of aromatic carboxylic acids is 1. The maximum atomic E-state index is 13.5. The minimum absolute atomic E-state index is 0.0861. The number of aromatic nitrogens is 2. The number of carboxylic acid groups (broad SMARTS) is 1. The van der Waals surface area contributed by atoms with Crippen LogP contribution in [0.5, 0.6) is 0 Å². The molecule has 106 valence electrons. The number of halogens is 1. The lowest BCUT2D eigenvalue weighted by Crippen LogP contribution is -1.98. The van der Waals surface area contributed by atoms with E-state index in [4.69, 9.17) is 5.11 Å². The molecule has 0 aliphatic heterocycles. The Hall–Kier alpha value is -1.91.